The zero-order valence-corrected chi connectivity index (χ0v) is 18.4. The van der Waals surface area contributed by atoms with Gasteiger partial charge in [0, 0.05) is 18.2 Å². The number of sulfonamides is 1. The van der Waals surface area contributed by atoms with Crippen LogP contribution in [0.5, 0.6) is 0 Å². The number of piperidine rings is 1. The molecule has 11 heteroatoms. The number of rotatable bonds is 5. The highest BCUT2D eigenvalue weighted by Crippen LogP contribution is 2.31. The van der Waals surface area contributed by atoms with Crippen LogP contribution in [0.15, 0.2) is 45.7 Å². The van der Waals surface area contributed by atoms with Crippen molar-refractivity contribution in [1.29, 1.82) is 0 Å². The summed E-state index contributed by atoms with van der Waals surface area (Å²) in [6, 6.07) is 9.19. The maximum absolute atomic E-state index is 12.9. The zero-order chi connectivity index (χ0) is 21.3. The molecule has 30 heavy (non-hydrogen) atoms. The van der Waals surface area contributed by atoms with Gasteiger partial charge in [-0.25, -0.2) is 8.42 Å². The van der Waals surface area contributed by atoms with E-state index in [2.05, 4.69) is 15.5 Å². The van der Waals surface area contributed by atoms with Crippen molar-refractivity contribution in [3.8, 4) is 10.8 Å². The molecule has 1 aromatic carbocycles. The second-order valence-electron chi connectivity index (χ2n) is 6.96. The predicted molar refractivity (Wildman–Crippen MR) is 114 cm³/mol. The molecule has 1 saturated heterocycles. The molecule has 0 spiro atoms. The molecule has 3 aromatic rings. The third kappa shape index (κ3) is 4.27. The summed E-state index contributed by atoms with van der Waals surface area (Å²) in [7, 11) is -3.59. The number of aromatic nitrogens is 2. The number of nitrogens with one attached hydrogen (secondary N) is 1. The number of halogens is 1. The standard InChI is InChI=1S/C19H19ClN4O4S2/c1-12-4-2-3-11-24(12)30(26,27)14-7-5-13(6-8-14)17(25)21-19-23-22-18(28-19)15-9-10-16(20)29-15/h5-10,12H,2-4,11H2,1H3,(H,21,23,25). The number of thiophene rings is 1. The van der Waals surface area contributed by atoms with E-state index in [4.69, 9.17) is 16.0 Å². The van der Waals surface area contributed by atoms with Crippen LogP contribution in [0.1, 0.15) is 36.5 Å². The Bertz CT molecular complexity index is 1160. The van der Waals surface area contributed by atoms with Crippen molar-refractivity contribution in [3.05, 3.63) is 46.3 Å². The van der Waals surface area contributed by atoms with Gasteiger partial charge in [0.1, 0.15) is 0 Å². The van der Waals surface area contributed by atoms with Gasteiger partial charge in [0.05, 0.1) is 14.1 Å². The largest absolute Gasteiger partial charge is 0.402 e. The number of carbonyl (C=O) groups is 1. The van der Waals surface area contributed by atoms with Crippen molar-refractivity contribution in [3.63, 3.8) is 0 Å². The van der Waals surface area contributed by atoms with Gasteiger partial charge in [0.25, 0.3) is 11.8 Å². The lowest BCUT2D eigenvalue weighted by Crippen LogP contribution is -2.41. The molecule has 0 bridgehead atoms. The Morgan fingerprint density at radius 1 is 1.20 bits per heavy atom. The van der Waals surface area contributed by atoms with E-state index in [1.807, 2.05) is 6.92 Å². The summed E-state index contributed by atoms with van der Waals surface area (Å²) in [4.78, 5) is 13.3. The highest BCUT2D eigenvalue weighted by atomic mass is 35.5. The van der Waals surface area contributed by atoms with Crippen molar-refractivity contribution in [2.45, 2.75) is 37.1 Å². The molecule has 0 saturated carbocycles. The number of amides is 1. The van der Waals surface area contributed by atoms with Crippen molar-refractivity contribution in [2.75, 3.05) is 11.9 Å². The maximum Gasteiger partial charge on any atom is 0.322 e. The van der Waals surface area contributed by atoms with Gasteiger partial charge in [-0.1, -0.05) is 23.1 Å². The van der Waals surface area contributed by atoms with Crippen molar-refractivity contribution in [2.24, 2.45) is 0 Å². The lowest BCUT2D eigenvalue weighted by molar-refractivity contribution is 0.102. The fraction of sp³-hybridized carbons (Fsp3) is 0.316. The topological polar surface area (TPSA) is 105 Å². The Morgan fingerprint density at radius 3 is 2.63 bits per heavy atom. The van der Waals surface area contributed by atoms with E-state index in [-0.39, 0.29) is 28.4 Å². The normalized spacial score (nSPS) is 17.7. The summed E-state index contributed by atoms with van der Waals surface area (Å²) in [5.74, 6) is -0.232. The van der Waals surface area contributed by atoms with Gasteiger partial charge in [0.2, 0.25) is 10.0 Å². The second kappa shape index (κ2) is 8.46. The minimum atomic E-state index is -3.59. The number of anilines is 1. The van der Waals surface area contributed by atoms with Crippen molar-refractivity contribution < 1.29 is 17.6 Å². The molecular formula is C19H19ClN4O4S2. The Morgan fingerprint density at radius 2 is 1.97 bits per heavy atom. The van der Waals surface area contributed by atoms with Gasteiger partial charge in [-0.05, 0) is 56.2 Å². The minimum Gasteiger partial charge on any atom is -0.402 e. The summed E-state index contributed by atoms with van der Waals surface area (Å²) >= 11 is 7.18. The summed E-state index contributed by atoms with van der Waals surface area (Å²) < 4.78 is 33.3. The zero-order valence-electron chi connectivity index (χ0n) is 16.0. The average Bonchev–Trinajstić information content (AvgIpc) is 3.37. The SMILES string of the molecule is CC1CCCCN1S(=O)(=O)c1ccc(C(=O)Nc2nnc(-c3ccc(Cl)s3)o2)cc1. The summed E-state index contributed by atoms with van der Waals surface area (Å²) in [6.07, 6.45) is 2.74. The molecule has 2 aromatic heterocycles. The average molecular weight is 467 g/mol. The second-order valence-corrected chi connectivity index (χ2v) is 10.6. The van der Waals surface area contributed by atoms with Crippen LogP contribution in [-0.4, -0.2) is 41.4 Å². The molecule has 1 aliphatic heterocycles. The summed E-state index contributed by atoms with van der Waals surface area (Å²) in [5.41, 5.74) is 0.277. The molecule has 1 amide bonds. The molecule has 4 rings (SSSR count). The Hall–Kier alpha value is -2.27. The first-order valence-electron chi connectivity index (χ1n) is 9.37. The van der Waals surface area contributed by atoms with Crippen LogP contribution in [-0.2, 0) is 10.0 Å². The third-order valence-corrected chi connectivity index (χ3v) is 8.14. The molecule has 8 nitrogen and oxygen atoms in total. The third-order valence-electron chi connectivity index (χ3n) is 4.89. The molecular weight excluding hydrogens is 448 g/mol. The highest BCUT2D eigenvalue weighted by Gasteiger charge is 2.31. The molecule has 1 fully saturated rings. The highest BCUT2D eigenvalue weighted by molar-refractivity contribution is 7.89. The van der Waals surface area contributed by atoms with Crippen molar-refractivity contribution in [1.82, 2.24) is 14.5 Å². The van der Waals surface area contributed by atoms with Crippen LogP contribution >= 0.6 is 22.9 Å². The Labute approximate surface area is 182 Å². The fourth-order valence-corrected chi connectivity index (χ4v) is 5.98. The van der Waals surface area contributed by atoms with E-state index in [0.717, 1.165) is 19.3 Å². The first-order chi connectivity index (χ1) is 14.3. The van der Waals surface area contributed by atoms with Crippen LogP contribution in [0.25, 0.3) is 10.8 Å². The number of hydrogen-bond acceptors (Lipinski definition) is 7. The predicted octanol–water partition coefficient (Wildman–Crippen LogP) is 4.27. The first kappa shape index (κ1) is 21.0. The molecule has 0 aliphatic carbocycles. The van der Waals surface area contributed by atoms with Gasteiger partial charge in [0.15, 0.2) is 0 Å². The van der Waals surface area contributed by atoms with Crippen LogP contribution in [0.2, 0.25) is 4.34 Å². The number of benzene rings is 1. The fourth-order valence-electron chi connectivity index (χ4n) is 3.31. The van der Waals surface area contributed by atoms with E-state index in [0.29, 0.717) is 15.8 Å². The molecule has 3 heterocycles. The lowest BCUT2D eigenvalue weighted by Gasteiger charge is -2.32. The molecule has 1 atom stereocenters. The van der Waals surface area contributed by atoms with E-state index >= 15 is 0 Å². The Balaban J connectivity index is 1.46. The molecule has 1 aliphatic rings. The van der Waals surface area contributed by atoms with E-state index in [9.17, 15) is 13.2 Å². The van der Waals surface area contributed by atoms with Crippen LogP contribution in [0.3, 0.4) is 0 Å². The summed E-state index contributed by atoms with van der Waals surface area (Å²) in [6.45, 7) is 2.43. The smallest absolute Gasteiger partial charge is 0.322 e. The molecule has 1 N–H and O–H groups in total. The van der Waals surface area contributed by atoms with Gasteiger partial charge >= 0.3 is 6.01 Å². The molecule has 158 valence electrons. The van der Waals surface area contributed by atoms with Crippen LogP contribution < -0.4 is 5.32 Å². The van der Waals surface area contributed by atoms with Gasteiger partial charge in [-0.15, -0.1) is 16.4 Å². The minimum absolute atomic E-state index is 0.0309. The van der Waals surface area contributed by atoms with E-state index in [1.54, 1.807) is 12.1 Å². The number of hydrogen-bond donors (Lipinski definition) is 1. The molecule has 0 radical (unpaired) electrons. The number of nitrogens with zero attached hydrogens (tertiary/aromatic N) is 3. The van der Waals surface area contributed by atoms with Crippen LogP contribution in [0, 0.1) is 0 Å². The van der Waals surface area contributed by atoms with E-state index < -0.39 is 15.9 Å². The summed E-state index contributed by atoms with van der Waals surface area (Å²) in [5, 5.41) is 10.2. The lowest BCUT2D eigenvalue weighted by atomic mass is 10.1. The van der Waals surface area contributed by atoms with Gasteiger partial charge < -0.3 is 4.42 Å². The molecule has 1 unspecified atom stereocenters. The Kier molecular flexibility index (Phi) is 5.92. The first-order valence-corrected chi connectivity index (χ1v) is 12.0. The van der Waals surface area contributed by atoms with Crippen LogP contribution in [0.4, 0.5) is 6.01 Å². The van der Waals surface area contributed by atoms with Gasteiger partial charge in [-0.3, -0.25) is 10.1 Å². The van der Waals surface area contributed by atoms with Crippen molar-refractivity contribution >= 4 is 44.9 Å². The monoisotopic (exact) mass is 466 g/mol. The quantitative estimate of drug-likeness (QED) is 0.602. The van der Waals surface area contributed by atoms with E-state index in [1.165, 1.54) is 39.9 Å². The van der Waals surface area contributed by atoms with Gasteiger partial charge in [-0.2, -0.15) is 4.31 Å². The number of carbonyl (C=O) groups excluding carboxylic acids is 1. The maximum atomic E-state index is 12.9.